The molecule has 158 valence electrons. The van der Waals surface area contributed by atoms with Gasteiger partial charge in [-0.3, -0.25) is 4.79 Å². The topological polar surface area (TPSA) is 49.8 Å². The van der Waals surface area contributed by atoms with Gasteiger partial charge in [0, 0.05) is 21.5 Å². The molecule has 0 aliphatic carbocycles. The third-order valence-electron chi connectivity index (χ3n) is 5.38. The van der Waals surface area contributed by atoms with Crippen LogP contribution in [0.5, 0.6) is 5.75 Å². The maximum atomic E-state index is 13.2. The van der Waals surface area contributed by atoms with E-state index in [2.05, 4.69) is 15.9 Å². The summed E-state index contributed by atoms with van der Waals surface area (Å²) in [6.07, 6.45) is 2.03. The van der Waals surface area contributed by atoms with E-state index in [1.54, 1.807) is 23.8 Å². The Morgan fingerprint density at radius 1 is 1.06 bits per heavy atom. The molecular weight excluding hydrogens is 474 g/mol. The van der Waals surface area contributed by atoms with Crippen LogP contribution < -0.4 is 4.74 Å². The number of ether oxygens (including phenoxy) is 1. The van der Waals surface area contributed by atoms with Crippen LogP contribution in [0.25, 0.3) is 5.57 Å². The Balaban J connectivity index is 1.77. The van der Waals surface area contributed by atoms with Gasteiger partial charge in [-0.1, -0.05) is 52.3 Å². The summed E-state index contributed by atoms with van der Waals surface area (Å²) in [5.74, 6) is 0.138. The zero-order valence-corrected chi connectivity index (χ0v) is 19.6. The van der Waals surface area contributed by atoms with Crippen molar-refractivity contribution in [1.82, 2.24) is 4.90 Å². The molecule has 1 aliphatic heterocycles. The number of methoxy groups -OCH3 is 1. The number of nitrogens with zero attached hydrogens (tertiary/aromatic N) is 1. The first-order valence-electron chi connectivity index (χ1n) is 9.78. The summed E-state index contributed by atoms with van der Waals surface area (Å²) >= 11 is 5.21. The third-order valence-corrected chi connectivity index (χ3v) is 6.62. The number of carbonyl (C=O) groups excluding carboxylic acids is 1. The van der Waals surface area contributed by atoms with Gasteiger partial charge in [-0.25, -0.2) is 0 Å². The highest BCUT2D eigenvalue weighted by atomic mass is 79.9. The van der Waals surface area contributed by atoms with Crippen LogP contribution in [-0.4, -0.2) is 29.3 Å². The molecule has 0 unspecified atom stereocenters. The summed E-state index contributed by atoms with van der Waals surface area (Å²) in [4.78, 5) is 16.1. The minimum absolute atomic E-state index is 0.212. The van der Waals surface area contributed by atoms with Gasteiger partial charge in [0.15, 0.2) is 5.76 Å². The van der Waals surface area contributed by atoms with E-state index in [1.165, 1.54) is 4.90 Å². The second-order valence-corrected chi connectivity index (χ2v) is 9.02. The average molecular weight is 496 g/mol. The predicted molar refractivity (Wildman–Crippen MR) is 128 cm³/mol. The van der Waals surface area contributed by atoms with E-state index < -0.39 is 6.04 Å². The summed E-state index contributed by atoms with van der Waals surface area (Å²) in [5, 5.41) is 10.9. The summed E-state index contributed by atoms with van der Waals surface area (Å²) < 4.78 is 6.18. The largest absolute Gasteiger partial charge is 0.503 e. The Labute approximate surface area is 194 Å². The molecule has 1 atom stereocenters. The smallest absolute Gasteiger partial charge is 0.290 e. The van der Waals surface area contributed by atoms with E-state index in [0.717, 1.165) is 26.9 Å². The lowest BCUT2D eigenvalue weighted by atomic mass is 9.93. The fourth-order valence-corrected chi connectivity index (χ4v) is 4.66. The molecule has 0 fully saturated rings. The van der Waals surface area contributed by atoms with Gasteiger partial charge in [0.25, 0.3) is 5.91 Å². The van der Waals surface area contributed by atoms with E-state index in [1.807, 2.05) is 79.1 Å². The monoisotopic (exact) mass is 495 g/mol. The van der Waals surface area contributed by atoms with E-state index in [9.17, 15) is 9.90 Å². The van der Waals surface area contributed by atoms with Gasteiger partial charge in [0.2, 0.25) is 0 Å². The SMILES string of the molecule is COc1ccc(C2=C(O)C(=O)N(Cc3ccc(SC)cc3)[C@@H]2c2cccc(Br)c2)cc1. The highest BCUT2D eigenvalue weighted by Gasteiger charge is 2.41. The molecule has 3 aromatic rings. The second-order valence-electron chi connectivity index (χ2n) is 7.23. The normalized spacial score (nSPS) is 16.2. The van der Waals surface area contributed by atoms with Crippen LogP contribution in [0.2, 0.25) is 0 Å². The number of hydrogen-bond acceptors (Lipinski definition) is 4. The van der Waals surface area contributed by atoms with Crippen LogP contribution in [0.1, 0.15) is 22.7 Å². The van der Waals surface area contributed by atoms with Crippen LogP contribution in [0, 0.1) is 0 Å². The predicted octanol–water partition coefficient (Wildman–Crippen LogP) is 6.23. The zero-order valence-electron chi connectivity index (χ0n) is 17.2. The quantitative estimate of drug-likeness (QED) is 0.411. The number of aliphatic hydroxyl groups is 1. The summed E-state index contributed by atoms with van der Waals surface area (Å²) in [5.41, 5.74) is 3.33. The van der Waals surface area contributed by atoms with E-state index in [-0.39, 0.29) is 11.7 Å². The number of carbonyl (C=O) groups is 1. The lowest BCUT2D eigenvalue weighted by Gasteiger charge is -2.28. The molecule has 1 N–H and O–H groups in total. The maximum absolute atomic E-state index is 13.2. The van der Waals surface area contributed by atoms with Crippen molar-refractivity contribution < 1.29 is 14.6 Å². The number of hydrogen-bond donors (Lipinski definition) is 1. The van der Waals surface area contributed by atoms with Gasteiger partial charge in [-0.2, -0.15) is 0 Å². The molecule has 6 heteroatoms. The van der Waals surface area contributed by atoms with Gasteiger partial charge in [-0.05, 0) is 59.3 Å². The molecule has 1 aliphatic rings. The van der Waals surface area contributed by atoms with Gasteiger partial charge in [0.05, 0.1) is 13.2 Å². The Morgan fingerprint density at radius 2 is 1.77 bits per heavy atom. The first kappa shape index (κ1) is 21.5. The van der Waals surface area contributed by atoms with Crippen LogP contribution in [0.4, 0.5) is 0 Å². The van der Waals surface area contributed by atoms with Gasteiger partial charge >= 0.3 is 0 Å². The third kappa shape index (κ3) is 4.36. The lowest BCUT2D eigenvalue weighted by molar-refractivity contribution is -0.130. The number of benzene rings is 3. The molecule has 4 nitrogen and oxygen atoms in total. The number of halogens is 1. The first-order valence-corrected chi connectivity index (χ1v) is 11.8. The maximum Gasteiger partial charge on any atom is 0.290 e. The number of rotatable bonds is 6. The molecule has 0 saturated heterocycles. The second kappa shape index (κ2) is 9.20. The first-order chi connectivity index (χ1) is 15.0. The highest BCUT2D eigenvalue weighted by Crippen LogP contribution is 2.44. The summed E-state index contributed by atoms with van der Waals surface area (Å²) in [6, 6.07) is 23.0. The zero-order chi connectivity index (χ0) is 22.0. The molecule has 0 aromatic heterocycles. The van der Waals surface area contributed by atoms with E-state index in [0.29, 0.717) is 12.1 Å². The molecule has 0 radical (unpaired) electrons. The van der Waals surface area contributed by atoms with Gasteiger partial charge < -0.3 is 14.7 Å². The van der Waals surface area contributed by atoms with Crippen molar-refractivity contribution >= 4 is 39.2 Å². The van der Waals surface area contributed by atoms with Crippen LogP contribution in [0.15, 0.2) is 87.9 Å². The molecule has 4 rings (SSSR count). The fourth-order valence-electron chi connectivity index (χ4n) is 3.83. The molecule has 31 heavy (non-hydrogen) atoms. The molecule has 1 amide bonds. The van der Waals surface area contributed by atoms with Gasteiger partial charge in [-0.15, -0.1) is 11.8 Å². The Hall–Kier alpha value is -2.70. The highest BCUT2D eigenvalue weighted by molar-refractivity contribution is 9.10. The average Bonchev–Trinajstić information content (AvgIpc) is 3.04. The van der Waals surface area contributed by atoms with Crippen molar-refractivity contribution in [2.45, 2.75) is 17.5 Å². The van der Waals surface area contributed by atoms with E-state index >= 15 is 0 Å². The standard InChI is InChI=1S/C25H22BrNO3S/c1-30-20-10-8-17(9-11-20)22-23(18-4-3-5-19(26)14-18)27(25(29)24(22)28)15-16-6-12-21(31-2)13-7-16/h3-14,23,28H,15H2,1-2H3/t23-/m1/s1. The Morgan fingerprint density at radius 3 is 2.39 bits per heavy atom. The summed E-state index contributed by atoms with van der Waals surface area (Å²) in [6.45, 7) is 0.397. The lowest BCUT2D eigenvalue weighted by Crippen LogP contribution is -2.29. The minimum Gasteiger partial charge on any atom is -0.503 e. The van der Waals surface area contributed by atoms with Crippen molar-refractivity contribution in [2.75, 3.05) is 13.4 Å². The van der Waals surface area contributed by atoms with Gasteiger partial charge in [0.1, 0.15) is 5.75 Å². The molecule has 1 heterocycles. The fraction of sp³-hybridized carbons (Fsp3) is 0.160. The Bertz CT molecular complexity index is 1130. The van der Waals surface area contributed by atoms with Crippen molar-refractivity contribution in [3.63, 3.8) is 0 Å². The molecule has 3 aromatic carbocycles. The minimum atomic E-state index is -0.404. The van der Waals surface area contributed by atoms with Crippen LogP contribution in [-0.2, 0) is 11.3 Å². The van der Waals surface area contributed by atoms with Crippen molar-refractivity contribution in [3.8, 4) is 5.75 Å². The summed E-state index contributed by atoms with van der Waals surface area (Å²) in [7, 11) is 1.61. The molecule has 0 saturated carbocycles. The van der Waals surface area contributed by atoms with E-state index in [4.69, 9.17) is 4.74 Å². The number of amides is 1. The number of aliphatic hydroxyl groups excluding tert-OH is 1. The molecular formula is C25H22BrNO3S. The van der Waals surface area contributed by atoms with Crippen molar-refractivity contribution in [1.29, 1.82) is 0 Å². The molecule has 0 bridgehead atoms. The van der Waals surface area contributed by atoms with Crippen LogP contribution in [0.3, 0.4) is 0 Å². The number of thioether (sulfide) groups is 1. The molecule has 0 spiro atoms. The van der Waals surface area contributed by atoms with Crippen LogP contribution >= 0.6 is 27.7 Å². The van der Waals surface area contributed by atoms with Crippen molar-refractivity contribution in [3.05, 3.63) is 99.7 Å². The Kier molecular flexibility index (Phi) is 6.39. The van der Waals surface area contributed by atoms with Crippen molar-refractivity contribution in [2.24, 2.45) is 0 Å².